The number of thiophene rings is 1. The first-order chi connectivity index (χ1) is 5.46. The molecule has 0 amide bonds. The molecule has 2 nitrogen and oxygen atoms in total. The van der Waals surface area contributed by atoms with E-state index in [0.29, 0.717) is 5.56 Å². The summed E-state index contributed by atoms with van der Waals surface area (Å²) in [5, 5.41) is 19.6. The van der Waals surface area contributed by atoms with E-state index in [-0.39, 0.29) is 11.2 Å². The fourth-order valence-electron chi connectivity index (χ4n) is 1.01. The van der Waals surface area contributed by atoms with Gasteiger partial charge in [-0.3, -0.25) is 0 Å². The summed E-state index contributed by atoms with van der Waals surface area (Å²) in [6.45, 7) is 6.08. The molecule has 0 aliphatic rings. The first-order valence-electron chi connectivity index (χ1n) is 3.68. The molecule has 0 fully saturated rings. The number of nitriles is 1. The molecule has 1 aromatic rings. The van der Waals surface area contributed by atoms with Crippen LogP contribution in [0.2, 0.25) is 0 Å². The molecule has 64 valence electrons. The van der Waals surface area contributed by atoms with Crippen LogP contribution in [0.5, 0.6) is 5.75 Å². The lowest BCUT2D eigenvalue weighted by Crippen LogP contribution is -2.10. The highest BCUT2D eigenvalue weighted by Crippen LogP contribution is 2.36. The molecule has 0 aliphatic carbocycles. The topological polar surface area (TPSA) is 44.0 Å². The average Bonchev–Trinajstić information content (AvgIpc) is 2.29. The lowest BCUT2D eigenvalue weighted by molar-refractivity contribution is 0.473. The fourth-order valence-corrected chi connectivity index (χ4v) is 1.98. The van der Waals surface area contributed by atoms with E-state index < -0.39 is 0 Å². The Bertz CT molecular complexity index is 327. The predicted octanol–water partition coefficient (Wildman–Crippen LogP) is 2.62. The van der Waals surface area contributed by atoms with Crippen LogP contribution in [0, 0.1) is 11.3 Å². The second-order valence-corrected chi connectivity index (χ2v) is 4.57. The van der Waals surface area contributed by atoms with Crippen molar-refractivity contribution in [3.8, 4) is 11.8 Å². The molecule has 0 atom stereocenters. The molecule has 1 N–H and O–H groups in total. The van der Waals surface area contributed by atoms with Crippen LogP contribution in [0.25, 0.3) is 0 Å². The van der Waals surface area contributed by atoms with E-state index >= 15 is 0 Å². The van der Waals surface area contributed by atoms with Crippen LogP contribution in [-0.4, -0.2) is 5.11 Å². The summed E-state index contributed by atoms with van der Waals surface area (Å²) in [4.78, 5) is 0.947. The van der Waals surface area contributed by atoms with Crippen LogP contribution in [0.15, 0.2) is 5.38 Å². The molecule has 1 aromatic heterocycles. The van der Waals surface area contributed by atoms with Crippen LogP contribution in [-0.2, 0) is 5.41 Å². The second kappa shape index (κ2) is 2.80. The Labute approximate surface area is 76.1 Å². The van der Waals surface area contributed by atoms with Crippen LogP contribution in [0.4, 0.5) is 0 Å². The van der Waals surface area contributed by atoms with Gasteiger partial charge >= 0.3 is 0 Å². The molecule has 0 aliphatic heterocycles. The minimum absolute atomic E-state index is 0.0588. The van der Waals surface area contributed by atoms with E-state index in [1.807, 2.05) is 26.8 Å². The molecule has 3 heteroatoms. The standard InChI is InChI=1S/C9H11NOS/c1-9(2,3)8-6(4-10)7(11)5-12-8/h5,11H,1-3H3. The number of hydrogen-bond donors (Lipinski definition) is 1. The van der Waals surface area contributed by atoms with Crippen LogP contribution in [0.1, 0.15) is 31.2 Å². The summed E-state index contributed by atoms with van der Waals surface area (Å²) in [6, 6.07) is 2.01. The molecule has 0 spiro atoms. The minimum Gasteiger partial charge on any atom is -0.506 e. The highest BCUT2D eigenvalue weighted by Gasteiger charge is 2.22. The Morgan fingerprint density at radius 1 is 1.50 bits per heavy atom. The zero-order valence-corrected chi connectivity index (χ0v) is 8.20. The third kappa shape index (κ3) is 1.44. The Hall–Kier alpha value is -1.01. The van der Waals surface area contributed by atoms with Gasteiger partial charge in [0.1, 0.15) is 17.4 Å². The normalized spacial score (nSPS) is 11.2. The average molecular weight is 181 g/mol. The number of hydrogen-bond acceptors (Lipinski definition) is 3. The maximum Gasteiger partial charge on any atom is 0.144 e. The SMILES string of the molecule is CC(C)(C)c1scc(O)c1C#N. The summed E-state index contributed by atoms with van der Waals surface area (Å²) in [6.07, 6.45) is 0. The molecule has 0 aromatic carbocycles. The smallest absolute Gasteiger partial charge is 0.144 e. The quantitative estimate of drug-likeness (QED) is 0.668. The summed E-state index contributed by atoms with van der Waals surface area (Å²) >= 11 is 1.44. The molecule has 0 radical (unpaired) electrons. The Kier molecular flexibility index (Phi) is 2.12. The summed E-state index contributed by atoms with van der Waals surface area (Å²) in [5.74, 6) is 0.104. The minimum atomic E-state index is -0.0588. The summed E-state index contributed by atoms with van der Waals surface area (Å²) < 4.78 is 0. The van der Waals surface area contributed by atoms with Crippen molar-refractivity contribution in [3.05, 3.63) is 15.8 Å². The second-order valence-electron chi connectivity index (χ2n) is 3.69. The third-order valence-electron chi connectivity index (χ3n) is 1.56. The van der Waals surface area contributed by atoms with E-state index in [9.17, 15) is 5.11 Å². The number of aromatic hydroxyl groups is 1. The van der Waals surface area contributed by atoms with Gasteiger partial charge in [0.2, 0.25) is 0 Å². The summed E-state index contributed by atoms with van der Waals surface area (Å²) in [5.41, 5.74) is 0.365. The fraction of sp³-hybridized carbons (Fsp3) is 0.444. The van der Waals surface area contributed by atoms with Gasteiger partial charge in [0, 0.05) is 10.3 Å². The van der Waals surface area contributed by atoms with Crippen molar-refractivity contribution in [2.45, 2.75) is 26.2 Å². The number of rotatable bonds is 0. The molecule has 0 saturated heterocycles. The van der Waals surface area contributed by atoms with Gasteiger partial charge in [0.15, 0.2) is 0 Å². The molecule has 1 heterocycles. The van der Waals surface area contributed by atoms with E-state index in [2.05, 4.69) is 0 Å². The largest absolute Gasteiger partial charge is 0.506 e. The van der Waals surface area contributed by atoms with Crippen molar-refractivity contribution in [2.24, 2.45) is 0 Å². The van der Waals surface area contributed by atoms with Gasteiger partial charge in [-0.1, -0.05) is 20.8 Å². The van der Waals surface area contributed by atoms with E-state index in [0.717, 1.165) is 4.88 Å². The van der Waals surface area contributed by atoms with Gasteiger partial charge < -0.3 is 5.11 Å². The third-order valence-corrected chi connectivity index (χ3v) is 2.96. The first kappa shape index (κ1) is 9.08. The Morgan fingerprint density at radius 2 is 2.08 bits per heavy atom. The highest BCUT2D eigenvalue weighted by molar-refractivity contribution is 7.10. The maximum absolute atomic E-state index is 9.28. The van der Waals surface area contributed by atoms with E-state index in [1.54, 1.807) is 5.38 Å². The summed E-state index contributed by atoms with van der Waals surface area (Å²) in [7, 11) is 0. The van der Waals surface area contributed by atoms with Gasteiger partial charge in [-0.25, -0.2) is 0 Å². The zero-order valence-electron chi connectivity index (χ0n) is 7.38. The van der Waals surface area contributed by atoms with E-state index in [4.69, 9.17) is 5.26 Å². The molecule has 0 unspecified atom stereocenters. The van der Waals surface area contributed by atoms with Crippen LogP contribution in [0.3, 0.4) is 0 Å². The molecule has 12 heavy (non-hydrogen) atoms. The van der Waals surface area contributed by atoms with Crippen molar-refractivity contribution >= 4 is 11.3 Å². The van der Waals surface area contributed by atoms with E-state index in [1.165, 1.54) is 11.3 Å². The molecule has 0 bridgehead atoms. The van der Waals surface area contributed by atoms with Crippen molar-refractivity contribution in [2.75, 3.05) is 0 Å². The molecular weight excluding hydrogens is 170 g/mol. The first-order valence-corrected chi connectivity index (χ1v) is 4.56. The monoisotopic (exact) mass is 181 g/mol. The molecule has 1 rings (SSSR count). The lowest BCUT2D eigenvalue weighted by atomic mass is 9.92. The lowest BCUT2D eigenvalue weighted by Gasteiger charge is -2.16. The van der Waals surface area contributed by atoms with Crippen LogP contribution < -0.4 is 0 Å². The Balaban J connectivity index is 3.28. The number of nitrogens with zero attached hydrogens (tertiary/aromatic N) is 1. The van der Waals surface area contributed by atoms with Gasteiger partial charge in [0.25, 0.3) is 0 Å². The predicted molar refractivity (Wildman–Crippen MR) is 49.4 cm³/mol. The highest BCUT2D eigenvalue weighted by atomic mass is 32.1. The molecular formula is C9H11NOS. The van der Waals surface area contributed by atoms with Crippen molar-refractivity contribution in [1.82, 2.24) is 0 Å². The van der Waals surface area contributed by atoms with Crippen molar-refractivity contribution < 1.29 is 5.11 Å². The van der Waals surface area contributed by atoms with Crippen molar-refractivity contribution in [1.29, 1.82) is 5.26 Å². The van der Waals surface area contributed by atoms with Gasteiger partial charge in [-0.05, 0) is 5.41 Å². The van der Waals surface area contributed by atoms with Gasteiger partial charge in [-0.15, -0.1) is 11.3 Å². The zero-order chi connectivity index (χ0) is 9.35. The van der Waals surface area contributed by atoms with Crippen molar-refractivity contribution in [3.63, 3.8) is 0 Å². The maximum atomic E-state index is 9.28. The molecule has 0 saturated carbocycles. The van der Waals surface area contributed by atoms with Gasteiger partial charge in [0.05, 0.1) is 0 Å². The van der Waals surface area contributed by atoms with Gasteiger partial charge in [-0.2, -0.15) is 5.26 Å². The van der Waals surface area contributed by atoms with Crippen LogP contribution >= 0.6 is 11.3 Å². The Morgan fingerprint density at radius 3 is 2.42 bits per heavy atom.